The average Bonchev–Trinajstić information content (AvgIpc) is 3.12. The van der Waals surface area contributed by atoms with E-state index < -0.39 is 0 Å². The van der Waals surface area contributed by atoms with Crippen molar-refractivity contribution in [2.45, 2.75) is 26.3 Å². The SMILES string of the molecule is CCc1ccc(-c2[nH]ncc2C(=O)N[C@@H](C)c2ccc(F)cc2)cc1. The topological polar surface area (TPSA) is 57.8 Å². The van der Waals surface area contributed by atoms with Crippen molar-refractivity contribution >= 4 is 5.91 Å². The Hall–Kier alpha value is -2.95. The summed E-state index contributed by atoms with van der Waals surface area (Å²) in [6, 6.07) is 13.9. The lowest BCUT2D eigenvalue weighted by Crippen LogP contribution is -2.26. The lowest BCUT2D eigenvalue weighted by atomic mass is 10.0. The van der Waals surface area contributed by atoms with E-state index in [2.05, 4.69) is 22.4 Å². The Morgan fingerprint density at radius 3 is 2.48 bits per heavy atom. The number of amides is 1. The Kier molecular flexibility index (Phi) is 4.93. The van der Waals surface area contributed by atoms with Crippen molar-refractivity contribution in [2.75, 3.05) is 0 Å². The standard InChI is InChI=1S/C20H20FN3O/c1-3-14-4-6-16(7-5-14)19-18(12-22-24-19)20(25)23-13(2)15-8-10-17(21)11-9-15/h4-13H,3H2,1-2H3,(H,22,24)(H,23,25)/t13-/m0/s1. The Bertz CT molecular complexity index is 853. The first-order valence-electron chi connectivity index (χ1n) is 8.27. The van der Waals surface area contributed by atoms with E-state index in [0.29, 0.717) is 11.3 Å². The van der Waals surface area contributed by atoms with Crippen LogP contribution >= 0.6 is 0 Å². The summed E-state index contributed by atoms with van der Waals surface area (Å²) >= 11 is 0. The fourth-order valence-electron chi connectivity index (χ4n) is 2.69. The van der Waals surface area contributed by atoms with Gasteiger partial charge in [-0.05, 0) is 36.6 Å². The van der Waals surface area contributed by atoms with E-state index in [1.54, 1.807) is 12.1 Å². The van der Waals surface area contributed by atoms with Crippen molar-refractivity contribution in [3.63, 3.8) is 0 Å². The summed E-state index contributed by atoms with van der Waals surface area (Å²) in [4.78, 5) is 12.6. The van der Waals surface area contributed by atoms with Gasteiger partial charge in [0.05, 0.1) is 23.5 Å². The van der Waals surface area contributed by atoms with Gasteiger partial charge in [0.2, 0.25) is 0 Å². The molecule has 25 heavy (non-hydrogen) atoms. The number of H-pyrrole nitrogens is 1. The number of halogens is 1. The highest BCUT2D eigenvalue weighted by Crippen LogP contribution is 2.23. The van der Waals surface area contributed by atoms with Crippen molar-refractivity contribution in [1.29, 1.82) is 0 Å². The van der Waals surface area contributed by atoms with Gasteiger partial charge in [-0.3, -0.25) is 9.89 Å². The van der Waals surface area contributed by atoms with E-state index in [1.807, 2.05) is 31.2 Å². The van der Waals surface area contributed by atoms with Crippen LogP contribution in [0.15, 0.2) is 54.7 Å². The molecule has 1 atom stereocenters. The minimum absolute atomic E-state index is 0.222. The van der Waals surface area contributed by atoms with Crippen LogP contribution in [0.4, 0.5) is 4.39 Å². The molecule has 0 spiro atoms. The normalized spacial score (nSPS) is 12.0. The van der Waals surface area contributed by atoms with Crippen LogP contribution in [0.25, 0.3) is 11.3 Å². The van der Waals surface area contributed by atoms with Gasteiger partial charge in [-0.15, -0.1) is 0 Å². The second-order valence-corrected chi connectivity index (χ2v) is 5.96. The molecule has 5 heteroatoms. The molecule has 3 rings (SSSR count). The molecule has 128 valence electrons. The summed E-state index contributed by atoms with van der Waals surface area (Å²) < 4.78 is 13.0. The maximum atomic E-state index is 13.0. The van der Waals surface area contributed by atoms with Gasteiger partial charge in [-0.1, -0.05) is 43.3 Å². The summed E-state index contributed by atoms with van der Waals surface area (Å²) in [7, 11) is 0. The predicted molar refractivity (Wildman–Crippen MR) is 95.7 cm³/mol. The molecular weight excluding hydrogens is 317 g/mol. The Labute approximate surface area is 146 Å². The molecule has 3 aromatic rings. The lowest BCUT2D eigenvalue weighted by Gasteiger charge is -2.14. The summed E-state index contributed by atoms with van der Waals surface area (Å²) in [6.07, 6.45) is 2.49. The van der Waals surface area contributed by atoms with Crippen LogP contribution in [0.3, 0.4) is 0 Å². The highest BCUT2D eigenvalue weighted by atomic mass is 19.1. The molecular formula is C20H20FN3O. The third-order valence-corrected chi connectivity index (χ3v) is 4.25. The van der Waals surface area contributed by atoms with Crippen LogP contribution in [0, 0.1) is 5.82 Å². The zero-order chi connectivity index (χ0) is 17.8. The molecule has 2 aromatic carbocycles. The second-order valence-electron chi connectivity index (χ2n) is 5.96. The number of nitrogens with one attached hydrogen (secondary N) is 2. The number of carbonyl (C=O) groups excluding carboxylic acids is 1. The first-order chi connectivity index (χ1) is 12.1. The number of benzene rings is 2. The smallest absolute Gasteiger partial charge is 0.255 e. The molecule has 2 N–H and O–H groups in total. The van der Waals surface area contributed by atoms with Gasteiger partial charge in [0.25, 0.3) is 5.91 Å². The maximum Gasteiger partial charge on any atom is 0.255 e. The molecule has 0 saturated carbocycles. The molecule has 0 fully saturated rings. The molecule has 0 unspecified atom stereocenters. The van der Waals surface area contributed by atoms with E-state index in [0.717, 1.165) is 17.5 Å². The number of carbonyl (C=O) groups is 1. The second kappa shape index (κ2) is 7.30. The van der Waals surface area contributed by atoms with Crippen LogP contribution in [0.1, 0.15) is 41.4 Å². The van der Waals surface area contributed by atoms with Crippen molar-refractivity contribution in [3.05, 3.63) is 77.2 Å². The van der Waals surface area contributed by atoms with Gasteiger partial charge >= 0.3 is 0 Å². The number of nitrogens with zero attached hydrogens (tertiary/aromatic N) is 1. The third kappa shape index (κ3) is 3.76. The quantitative estimate of drug-likeness (QED) is 0.730. The van der Waals surface area contributed by atoms with Crippen molar-refractivity contribution in [3.8, 4) is 11.3 Å². The number of aryl methyl sites for hydroxylation is 1. The number of hydrogen-bond donors (Lipinski definition) is 2. The van der Waals surface area contributed by atoms with Gasteiger partial charge in [-0.25, -0.2) is 4.39 Å². The number of hydrogen-bond acceptors (Lipinski definition) is 2. The van der Waals surface area contributed by atoms with E-state index >= 15 is 0 Å². The fourth-order valence-corrected chi connectivity index (χ4v) is 2.69. The van der Waals surface area contributed by atoms with Crippen LogP contribution in [0.2, 0.25) is 0 Å². The van der Waals surface area contributed by atoms with Gasteiger partial charge in [0, 0.05) is 5.56 Å². The maximum absolute atomic E-state index is 13.0. The molecule has 0 aliphatic carbocycles. The monoisotopic (exact) mass is 337 g/mol. The van der Waals surface area contributed by atoms with Gasteiger partial charge in [0.1, 0.15) is 5.82 Å². The first kappa shape index (κ1) is 16.9. The van der Waals surface area contributed by atoms with E-state index in [-0.39, 0.29) is 17.8 Å². The molecule has 1 heterocycles. The zero-order valence-corrected chi connectivity index (χ0v) is 14.2. The molecule has 0 radical (unpaired) electrons. The summed E-state index contributed by atoms with van der Waals surface area (Å²) in [6.45, 7) is 3.96. The third-order valence-electron chi connectivity index (χ3n) is 4.25. The van der Waals surface area contributed by atoms with Crippen molar-refractivity contribution in [1.82, 2.24) is 15.5 Å². The highest BCUT2D eigenvalue weighted by molar-refractivity contribution is 5.99. The summed E-state index contributed by atoms with van der Waals surface area (Å²) in [5.74, 6) is -0.518. The van der Waals surface area contributed by atoms with Crippen molar-refractivity contribution < 1.29 is 9.18 Å². The fraction of sp³-hybridized carbons (Fsp3) is 0.200. The van der Waals surface area contributed by atoms with E-state index in [4.69, 9.17) is 0 Å². The van der Waals surface area contributed by atoms with Gasteiger partial charge in [0.15, 0.2) is 0 Å². The molecule has 0 bridgehead atoms. The van der Waals surface area contributed by atoms with Crippen LogP contribution in [-0.2, 0) is 6.42 Å². The zero-order valence-electron chi connectivity index (χ0n) is 14.2. The van der Waals surface area contributed by atoms with Crippen molar-refractivity contribution in [2.24, 2.45) is 0 Å². The number of aromatic nitrogens is 2. The van der Waals surface area contributed by atoms with Gasteiger partial charge in [-0.2, -0.15) is 5.10 Å². The Morgan fingerprint density at radius 2 is 1.84 bits per heavy atom. The largest absolute Gasteiger partial charge is 0.345 e. The molecule has 1 aromatic heterocycles. The molecule has 0 saturated heterocycles. The minimum atomic E-state index is -0.296. The van der Waals surface area contributed by atoms with Crippen LogP contribution in [-0.4, -0.2) is 16.1 Å². The average molecular weight is 337 g/mol. The Morgan fingerprint density at radius 1 is 1.16 bits per heavy atom. The van der Waals surface area contributed by atoms with E-state index in [1.165, 1.54) is 23.9 Å². The Balaban J connectivity index is 1.78. The minimum Gasteiger partial charge on any atom is -0.345 e. The van der Waals surface area contributed by atoms with E-state index in [9.17, 15) is 9.18 Å². The lowest BCUT2D eigenvalue weighted by molar-refractivity contribution is 0.0940. The number of aromatic amines is 1. The molecule has 0 aliphatic rings. The summed E-state index contributed by atoms with van der Waals surface area (Å²) in [5, 5.41) is 9.85. The molecule has 0 aliphatic heterocycles. The first-order valence-corrected chi connectivity index (χ1v) is 8.27. The highest BCUT2D eigenvalue weighted by Gasteiger charge is 2.17. The molecule has 4 nitrogen and oxygen atoms in total. The van der Waals surface area contributed by atoms with Crippen LogP contribution in [0.5, 0.6) is 0 Å². The predicted octanol–water partition coefficient (Wildman–Crippen LogP) is 4.27. The number of rotatable bonds is 5. The van der Waals surface area contributed by atoms with Gasteiger partial charge < -0.3 is 5.32 Å². The van der Waals surface area contributed by atoms with Crippen LogP contribution < -0.4 is 5.32 Å². The molecule has 1 amide bonds. The summed E-state index contributed by atoms with van der Waals surface area (Å²) in [5.41, 5.74) is 4.16.